The Morgan fingerprint density at radius 2 is 1.83 bits per heavy atom. The second-order valence-corrected chi connectivity index (χ2v) is 13.3. The highest BCUT2D eigenvalue weighted by Gasteiger charge is 2.40. The van der Waals surface area contributed by atoms with Crippen molar-refractivity contribution in [1.82, 2.24) is 28.9 Å². The van der Waals surface area contributed by atoms with Crippen LogP contribution < -0.4 is 10.0 Å². The first-order valence-electron chi connectivity index (χ1n) is 11.8. The number of aromatic nitrogens is 3. The molecule has 0 radical (unpaired) electrons. The molecule has 2 aliphatic rings. The summed E-state index contributed by atoms with van der Waals surface area (Å²) in [6.07, 6.45) is 4.78. The Morgan fingerprint density at radius 3 is 2.53 bits per heavy atom. The first kappa shape index (κ1) is 24.7. The average Bonchev–Trinajstić information content (AvgIpc) is 3.52. The van der Waals surface area contributed by atoms with Crippen LogP contribution in [-0.2, 0) is 26.6 Å². The predicted molar refractivity (Wildman–Crippen MR) is 133 cm³/mol. The molecule has 0 spiro atoms. The molecule has 3 heterocycles. The number of benzene rings is 1. The number of fused-ring (bicyclic) bond motifs is 1. The quantitative estimate of drug-likeness (QED) is 0.472. The third-order valence-electron chi connectivity index (χ3n) is 6.53. The highest BCUT2D eigenvalue weighted by Crippen LogP contribution is 2.29. The van der Waals surface area contributed by atoms with Gasteiger partial charge in [0.1, 0.15) is 5.52 Å². The molecule has 2 amide bonds. The van der Waals surface area contributed by atoms with E-state index in [1.807, 2.05) is 13.8 Å². The number of aryl methyl sites for hydroxylation is 1. The number of amides is 2. The van der Waals surface area contributed by atoms with E-state index in [1.54, 1.807) is 35.2 Å². The van der Waals surface area contributed by atoms with Gasteiger partial charge in [0.25, 0.3) is 10.0 Å². The second kappa shape index (κ2) is 9.12. The summed E-state index contributed by atoms with van der Waals surface area (Å²) in [7, 11) is -7.14. The van der Waals surface area contributed by atoms with Crippen molar-refractivity contribution >= 4 is 37.2 Å². The normalized spacial score (nSPS) is 20.7. The molecule has 2 fully saturated rings. The van der Waals surface area contributed by atoms with Crippen LogP contribution in [-0.4, -0.2) is 65.6 Å². The maximum Gasteiger partial charge on any atom is 0.318 e. The molecule has 36 heavy (non-hydrogen) atoms. The van der Waals surface area contributed by atoms with Crippen LogP contribution in [0, 0.1) is 6.92 Å². The highest BCUT2D eigenvalue weighted by molar-refractivity contribution is 7.90. The molecular formula is C23H28N6O5S2. The molecule has 3 aromatic rings. The Balaban J connectivity index is 1.24. The van der Waals surface area contributed by atoms with Gasteiger partial charge in [0.2, 0.25) is 10.0 Å². The molecule has 13 heteroatoms. The number of hydrogen-bond acceptors (Lipinski definition) is 7. The number of hydrogen-bond donors (Lipinski definition) is 2. The number of nitrogens with one attached hydrogen (secondary N) is 2. The Labute approximate surface area is 210 Å². The van der Waals surface area contributed by atoms with Crippen molar-refractivity contribution in [2.24, 2.45) is 0 Å². The smallest absolute Gasteiger partial charge is 0.318 e. The summed E-state index contributed by atoms with van der Waals surface area (Å²) in [5, 5.41) is 2.50. The molecule has 1 saturated carbocycles. The van der Waals surface area contributed by atoms with Gasteiger partial charge in [0.05, 0.1) is 28.6 Å². The molecule has 5 rings (SSSR count). The average molecular weight is 533 g/mol. The van der Waals surface area contributed by atoms with E-state index in [0.717, 1.165) is 9.54 Å². The lowest BCUT2D eigenvalue weighted by atomic mass is 10.2. The summed E-state index contributed by atoms with van der Waals surface area (Å²) in [5.41, 5.74) is 2.02. The molecule has 2 unspecified atom stereocenters. The number of rotatable bonds is 7. The van der Waals surface area contributed by atoms with Crippen molar-refractivity contribution in [3.63, 3.8) is 0 Å². The number of sulfonamides is 1. The van der Waals surface area contributed by atoms with Gasteiger partial charge < -0.3 is 10.2 Å². The van der Waals surface area contributed by atoms with Crippen LogP contribution in [0.25, 0.3) is 11.2 Å². The van der Waals surface area contributed by atoms with E-state index in [9.17, 15) is 21.6 Å². The van der Waals surface area contributed by atoms with Crippen molar-refractivity contribution in [1.29, 1.82) is 0 Å². The molecule has 11 nitrogen and oxygen atoms in total. The second-order valence-electron chi connectivity index (χ2n) is 9.45. The monoisotopic (exact) mass is 532 g/mol. The zero-order chi connectivity index (χ0) is 25.7. The van der Waals surface area contributed by atoms with Crippen molar-refractivity contribution in [3.8, 4) is 0 Å². The molecular weight excluding hydrogens is 504 g/mol. The number of urea groups is 1. The minimum atomic E-state index is -3.83. The zero-order valence-corrected chi connectivity index (χ0v) is 21.6. The number of carbonyl (C=O) groups is 1. The fourth-order valence-corrected chi connectivity index (χ4v) is 7.28. The van der Waals surface area contributed by atoms with Crippen LogP contribution in [0.4, 0.5) is 4.79 Å². The maximum atomic E-state index is 13.0. The van der Waals surface area contributed by atoms with Gasteiger partial charge in [0, 0.05) is 24.8 Å². The van der Waals surface area contributed by atoms with Crippen molar-refractivity contribution < 1.29 is 21.6 Å². The van der Waals surface area contributed by atoms with Gasteiger partial charge in [-0.3, -0.25) is 0 Å². The topological polar surface area (TPSA) is 143 Å². The number of likely N-dealkylation sites (tertiary alicyclic amines) is 1. The van der Waals surface area contributed by atoms with Crippen LogP contribution in [0.15, 0.2) is 47.6 Å². The van der Waals surface area contributed by atoms with Crippen molar-refractivity contribution in [2.75, 3.05) is 6.54 Å². The molecule has 2 atom stereocenters. The first-order valence-corrected chi connectivity index (χ1v) is 14.7. The summed E-state index contributed by atoms with van der Waals surface area (Å²) in [4.78, 5) is 23.3. The Kier molecular flexibility index (Phi) is 6.25. The minimum Gasteiger partial charge on any atom is -0.332 e. The molecule has 0 bridgehead atoms. The van der Waals surface area contributed by atoms with Gasteiger partial charge in [-0.2, -0.15) is 0 Å². The van der Waals surface area contributed by atoms with E-state index in [-0.39, 0.29) is 40.5 Å². The summed E-state index contributed by atoms with van der Waals surface area (Å²) in [5.74, 6) is 0. The summed E-state index contributed by atoms with van der Waals surface area (Å²) < 4.78 is 54.4. The maximum absolute atomic E-state index is 13.0. The molecule has 1 aromatic carbocycles. The van der Waals surface area contributed by atoms with E-state index in [2.05, 4.69) is 20.0 Å². The number of carbonyl (C=O) groups excluding carboxylic acids is 1. The standard InChI is InChI=1S/C23H28N6O5S2/c1-15-3-5-20(6-4-15)36(33,34)29-10-9-21-22(29)24-12-18(26-21)13-25-23(30)28-14-17(11-16(28)2)27-35(31,32)19-7-8-19/h3-6,9-10,12,16-17,19,27H,7-8,11,13-14H2,1-2H3,(H,25,30). The van der Waals surface area contributed by atoms with Crippen LogP contribution in [0.2, 0.25) is 0 Å². The SMILES string of the molecule is Cc1ccc(S(=O)(=O)n2ccc3nc(CNC(=O)N4CC(NS(=O)(=O)C5CC5)CC4C)cnc32)cc1. The summed E-state index contributed by atoms with van der Waals surface area (Å²) in [6, 6.07) is 7.39. The largest absolute Gasteiger partial charge is 0.332 e. The molecule has 2 N–H and O–H groups in total. The third kappa shape index (κ3) is 4.82. The first-order chi connectivity index (χ1) is 17.0. The zero-order valence-electron chi connectivity index (χ0n) is 20.0. The van der Waals surface area contributed by atoms with Gasteiger partial charge in [-0.15, -0.1) is 0 Å². The van der Waals surface area contributed by atoms with Gasteiger partial charge in [-0.05, 0) is 51.3 Å². The molecule has 1 saturated heterocycles. The molecule has 2 aromatic heterocycles. The Morgan fingerprint density at radius 1 is 1.11 bits per heavy atom. The van der Waals surface area contributed by atoms with E-state index in [1.165, 1.54) is 12.4 Å². The van der Waals surface area contributed by atoms with Crippen molar-refractivity contribution in [3.05, 3.63) is 54.0 Å². The highest BCUT2D eigenvalue weighted by atomic mass is 32.2. The van der Waals surface area contributed by atoms with Crippen LogP contribution in [0.3, 0.4) is 0 Å². The number of nitrogens with zero attached hydrogens (tertiary/aromatic N) is 4. The molecule has 192 valence electrons. The van der Waals surface area contributed by atoms with Crippen LogP contribution in [0.5, 0.6) is 0 Å². The Hall–Kier alpha value is -3.03. The van der Waals surface area contributed by atoms with E-state index in [0.29, 0.717) is 37.0 Å². The van der Waals surface area contributed by atoms with Crippen LogP contribution >= 0.6 is 0 Å². The van der Waals surface area contributed by atoms with E-state index in [4.69, 9.17) is 0 Å². The molecule has 1 aliphatic carbocycles. The lowest BCUT2D eigenvalue weighted by Crippen LogP contribution is -2.44. The van der Waals surface area contributed by atoms with Crippen LogP contribution in [0.1, 0.15) is 37.4 Å². The molecule has 1 aliphatic heterocycles. The minimum absolute atomic E-state index is 0.0966. The van der Waals surface area contributed by atoms with E-state index < -0.39 is 20.0 Å². The lowest BCUT2D eigenvalue weighted by Gasteiger charge is -2.21. The van der Waals surface area contributed by atoms with Gasteiger partial charge in [-0.1, -0.05) is 17.7 Å². The lowest BCUT2D eigenvalue weighted by molar-refractivity contribution is 0.195. The Bertz CT molecular complexity index is 1510. The van der Waals surface area contributed by atoms with E-state index >= 15 is 0 Å². The fraction of sp³-hybridized carbons (Fsp3) is 0.435. The summed E-state index contributed by atoms with van der Waals surface area (Å²) >= 11 is 0. The third-order valence-corrected chi connectivity index (χ3v) is 10.2. The predicted octanol–water partition coefficient (Wildman–Crippen LogP) is 1.73. The van der Waals surface area contributed by atoms with Gasteiger partial charge >= 0.3 is 6.03 Å². The van der Waals surface area contributed by atoms with Gasteiger partial charge in [0.15, 0.2) is 5.65 Å². The van der Waals surface area contributed by atoms with Gasteiger partial charge in [-0.25, -0.2) is 40.3 Å². The van der Waals surface area contributed by atoms with Crippen molar-refractivity contribution in [2.45, 2.75) is 61.9 Å². The summed E-state index contributed by atoms with van der Waals surface area (Å²) in [6.45, 7) is 4.16. The fourth-order valence-electron chi connectivity index (χ4n) is 4.40.